The maximum Gasteiger partial charge on any atom is 0.322 e. The number of nitrogens with zero attached hydrogens (tertiary/aromatic N) is 4. The Balaban J connectivity index is 1.46. The van der Waals surface area contributed by atoms with Crippen molar-refractivity contribution >= 4 is 28.6 Å². The van der Waals surface area contributed by atoms with Crippen LogP contribution in [0.5, 0.6) is 0 Å². The van der Waals surface area contributed by atoms with E-state index in [1.807, 2.05) is 11.0 Å². The Morgan fingerprint density at radius 1 is 1.26 bits per heavy atom. The predicted molar refractivity (Wildman–Crippen MR) is 121 cm³/mol. The molecular weight excluding hydrogens is 392 g/mol. The van der Waals surface area contributed by atoms with Crippen LogP contribution < -0.4 is 16.0 Å². The van der Waals surface area contributed by atoms with Crippen LogP contribution in [0.4, 0.5) is 16.3 Å². The summed E-state index contributed by atoms with van der Waals surface area (Å²) in [5.41, 5.74) is 11.3. The van der Waals surface area contributed by atoms with Gasteiger partial charge in [0.2, 0.25) is 0 Å². The Labute approximate surface area is 181 Å². The van der Waals surface area contributed by atoms with E-state index in [1.165, 1.54) is 11.9 Å². The summed E-state index contributed by atoms with van der Waals surface area (Å²) in [5.74, 6) is 0.484. The lowest BCUT2D eigenvalue weighted by Crippen LogP contribution is -2.46. The largest absolute Gasteiger partial charge is 0.383 e. The summed E-state index contributed by atoms with van der Waals surface area (Å²) in [6.45, 7) is 6.36. The van der Waals surface area contributed by atoms with Crippen molar-refractivity contribution in [1.29, 1.82) is 0 Å². The van der Waals surface area contributed by atoms with Crippen molar-refractivity contribution in [2.75, 3.05) is 30.4 Å². The number of benzene rings is 1. The van der Waals surface area contributed by atoms with Crippen LogP contribution in [0, 0.1) is 0 Å². The fourth-order valence-corrected chi connectivity index (χ4v) is 4.60. The van der Waals surface area contributed by atoms with Gasteiger partial charge in [0.05, 0.1) is 5.39 Å². The van der Waals surface area contributed by atoms with Crippen molar-refractivity contribution in [3.63, 3.8) is 0 Å². The van der Waals surface area contributed by atoms with Gasteiger partial charge in [0, 0.05) is 49.3 Å². The first-order valence-corrected chi connectivity index (χ1v) is 10.9. The summed E-state index contributed by atoms with van der Waals surface area (Å²) >= 11 is 0. The monoisotopic (exact) mass is 420 g/mol. The molecule has 0 unspecified atom stereocenters. The van der Waals surface area contributed by atoms with Crippen molar-refractivity contribution < 1.29 is 9.53 Å². The number of aromatic nitrogens is 3. The third kappa shape index (κ3) is 3.50. The molecule has 0 spiro atoms. The Morgan fingerprint density at radius 3 is 2.84 bits per heavy atom. The number of amides is 2. The zero-order valence-electron chi connectivity index (χ0n) is 18.0. The second-order valence-corrected chi connectivity index (χ2v) is 8.58. The molecule has 0 saturated carbocycles. The number of rotatable bonds is 3. The lowest BCUT2D eigenvalue weighted by Gasteiger charge is -2.26. The van der Waals surface area contributed by atoms with E-state index in [4.69, 9.17) is 10.5 Å². The van der Waals surface area contributed by atoms with E-state index >= 15 is 0 Å². The minimum atomic E-state index is -0.0209. The molecular formula is C23H28N6O2. The number of hydrogen-bond donors (Lipinski definition) is 2. The second kappa shape index (κ2) is 7.85. The molecule has 3 N–H and O–H groups in total. The molecule has 2 aliphatic heterocycles. The normalized spacial score (nSPS) is 16.8. The highest BCUT2D eigenvalue weighted by atomic mass is 16.5. The average molecular weight is 421 g/mol. The van der Waals surface area contributed by atoms with Crippen LogP contribution in [0.2, 0.25) is 0 Å². The van der Waals surface area contributed by atoms with Crippen LogP contribution in [-0.4, -0.2) is 46.4 Å². The van der Waals surface area contributed by atoms with Gasteiger partial charge in [-0.2, -0.15) is 0 Å². The molecule has 1 aromatic carbocycles. The number of nitrogen functional groups attached to an aromatic ring is 1. The number of fused-ring (bicyclic) bond motifs is 2. The van der Waals surface area contributed by atoms with Gasteiger partial charge in [-0.1, -0.05) is 6.07 Å². The first-order valence-electron chi connectivity index (χ1n) is 10.9. The smallest absolute Gasteiger partial charge is 0.322 e. The zero-order chi connectivity index (χ0) is 21.5. The number of anilines is 2. The molecule has 4 heterocycles. The van der Waals surface area contributed by atoms with Crippen LogP contribution >= 0.6 is 0 Å². The highest BCUT2D eigenvalue weighted by Crippen LogP contribution is 2.38. The zero-order valence-corrected chi connectivity index (χ0v) is 18.0. The van der Waals surface area contributed by atoms with Gasteiger partial charge in [-0.15, -0.1) is 0 Å². The molecule has 0 aliphatic carbocycles. The Bertz CT molecular complexity index is 1130. The highest BCUT2D eigenvalue weighted by Gasteiger charge is 2.27. The average Bonchev–Trinajstić information content (AvgIpc) is 3.36. The van der Waals surface area contributed by atoms with Gasteiger partial charge in [0.1, 0.15) is 17.8 Å². The molecule has 1 saturated heterocycles. The molecule has 5 rings (SSSR count). The SMILES string of the molecule is CC(C)n1cc(-c2ccc3c(c2)CCN3C(=O)NC2CCOCC2)c2c(N)ncnc21. The van der Waals surface area contributed by atoms with E-state index in [0.717, 1.165) is 47.1 Å². The molecule has 162 valence electrons. The fraction of sp³-hybridized carbons (Fsp3) is 0.435. The van der Waals surface area contributed by atoms with Gasteiger partial charge in [-0.3, -0.25) is 4.90 Å². The second-order valence-electron chi connectivity index (χ2n) is 8.58. The van der Waals surface area contributed by atoms with E-state index in [1.54, 1.807) is 0 Å². The van der Waals surface area contributed by atoms with Gasteiger partial charge in [-0.25, -0.2) is 14.8 Å². The summed E-state index contributed by atoms with van der Waals surface area (Å²) in [7, 11) is 0. The Hall–Kier alpha value is -3.13. The highest BCUT2D eigenvalue weighted by molar-refractivity contribution is 6.01. The topological polar surface area (TPSA) is 98.3 Å². The van der Waals surface area contributed by atoms with Crippen molar-refractivity contribution in [2.24, 2.45) is 0 Å². The number of hydrogen-bond acceptors (Lipinski definition) is 5. The van der Waals surface area contributed by atoms with Gasteiger partial charge in [0.25, 0.3) is 0 Å². The van der Waals surface area contributed by atoms with E-state index in [2.05, 4.69) is 52.0 Å². The quantitative estimate of drug-likeness (QED) is 0.676. The minimum Gasteiger partial charge on any atom is -0.383 e. The van der Waals surface area contributed by atoms with Gasteiger partial charge >= 0.3 is 6.03 Å². The molecule has 0 atom stereocenters. The van der Waals surface area contributed by atoms with Crippen LogP contribution in [0.25, 0.3) is 22.2 Å². The van der Waals surface area contributed by atoms with Crippen LogP contribution in [-0.2, 0) is 11.2 Å². The molecule has 0 radical (unpaired) electrons. The fourth-order valence-electron chi connectivity index (χ4n) is 4.60. The molecule has 2 aromatic heterocycles. The third-order valence-electron chi connectivity index (χ3n) is 6.28. The van der Waals surface area contributed by atoms with Crippen LogP contribution in [0.15, 0.2) is 30.7 Å². The van der Waals surface area contributed by atoms with Gasteiger partial charge < -0.3 is 20.4 Å². The van der Waals surface area contributed by atoms with E-state index in [0.29, 0.717) is 25.6 Å². The molecule has 3 aromatic rings. The first kappa shape index (κ1) is 19.8. The number of carbonyl (C=O) groups excluding carboxylic acids is 1. The van der Waals surface area contributed by atoms with Crippen LogP contribution in [0.1, 0.15) is 38.3 Å². The molecule has 0 bridgehead atoms. The van der Waals surface area contributed by atoms with Crippen molar-refractivity contribution in [2.45, 2.75) is 45.2 Å². The predicted octanol–water partition coefficient (Wildman–Crippen LogP) is 3.51. The number of nitrogens with one attached hydrogen (secondary N) is 1. The summed E-state index contributed by atoms with van der Waals surface area (Å²) in [4.78, 5) is 23.4. The van der Waals surface area contributed by atoms with Crippen molar-refractivity contribution in [3.8, 4) is 11.1 Å². The number of carbonyl (C=O) groups is 1. The van der Waals surface area contributed by atoms with Crippen molar-refractivity contribution in [3.05, 3.63) is 36.3 Å². The number of nitrogens with two attached hydrogens (primary N) is 1. The molecule has 2 aliphatic rings. The van der Waals surface area contributed by atoms with E-state index in [9.17, 15) is 4.79 Å². The third-order valence-corrected chi connectivity index (χ3v) is 6.28. The molecule has 1 fully saturated rings. The maximum atomic E-state index is 12.9. The lowest BCUT2D eigenvalue weighted by atomic mass is 10.0. The molecule has 2 amide bonds. The summed E-state index contributed by atoms with van der Waals surface area (Å²) < 4.78 is 7.52. The Kier molecular flexibility index (Phi) is 5.02. The lowest BCUT2D eigenvalue weighted by molar-refractivity contribution is 0.0804. The number of urea groups is 1. The van der Waals surface area contributed by atoms with Crippen molar-refractivity contribution in [1.82, 2.24) is 19.9 Å². The maximum absolute atomic E-state index is 12.9. The van der Waals surface area contributed by atoms with Gasteiger partial charge in [0.15, 0.2) is 0 Å². The number of ether oxygens (including phenoxy) is 1. The molecule has 31 heavy (non-hydrogen) atoms. The molecule has 8 heteroatoms. The summed E-state index contributed by atoms with van der Waals surface area (Å²) in [6.07, 6.45) is 6.19. The summed E-state index contributed by atoms with van der Waals surface area (Å²) in [5, 5.41) is 4.04. The van der Waals surface area contributed by atoms with Crippen LogP contribution in [0.3, 0.4) is 0 Å². The van der Waals surface area contributed by atoms with E-state index < -0.39 is 0 Å². The standard InChI is InChI=1S/C23H28N6O2/c1-14(2)29-12-18(20-21(24)25-13-26-22(20)29)15-3-4-19-16(11-15)5-8-28(19)23(30)27-17-6-9-31-10-7-17/h3-4,11-14,17H,5-10H2,1-2H3,(H,27,30)(H2,24,25,26). The first-order chi connectivity index (χ1) is 15.0. The van der Waals surface area contributed by atoms with Gasteiger partial charge in [-0.05, 0) is 56.4 Å². The minimum absolute atomic E-state index is 0.0209. The summed E-state index contributed by atoms with van der Waals surface area (Å²) in [6, 6.07) is 6.69. The molecule has 8 nitrogen and oxygen atoms in total. The van der Waals surface area contributed by atoms with E-state index in [-0.39, 0.29) is 18.1 Å². The Morgan fingerprint density at radius 2 is 2.06 bits per heavy atom.